The fourth-order valence-electron chi connectivity index (χ4n) is 2.74. The average Bonchev–Trinajstić information content (AvgIpc) is 3.33. The maximum Gasteiger partial charge on any atom is 0.333 e. The molecule has 7 heteroatoms. The van der Waals surface area contributed by atoms with E-state index in [0.717, 1.165) is 45.7 Å². The van der Waals surface area contributed by atoms with E-state index < -0.39 is 0 Å². The minimum atomic E-state index is -0.373. The molecule has 1 unspecified atom stereocenters. The molecule has 2 aromatic carbocycles. The molecule has 0 aliphatic heterocycles. The molecule has 3 aromatic rings. The van der Waals surface area contributed by atoms with Crippen molar-refractivity contribution in [1.82, 2.24) is 10.2 Å². The number of aromatic nitrogens is 2. The molecule has 1 aromatic heterocycles. The summed E-state index contributed by atoms with van der Waals surface area (Å²) in [6.45, 7) is 11.0. The molecule has 0 saturated heterocycles. The van der Waals surface area contributed by atoms with Crippen LogP contribution >= 0.6 is 11.3 Å². The molecule has 0 radical (unpaired) electrons. The van der Waals surface area contributed by atoms with Crippen LogP contribution in [0, 0.1) is 5.92 Å². The molecular formula is C26H30N2O4S. The minimum absolute atomic E-state index is 0.308. The lowest BCUT2D eigenvalue weighted by Gasteiger charge is -2.10. The quantitative estimate of drug-likeness (QED) is 0.180. The van der Waals surface area contributed by atoms with Gasteiger partial charge in [0.15, 0.2) is 0 Å². The number of benzene rings is 2. The zero-order valence-corrected chi connectivity index (χ0v) is 20.2. The van der Waals surface area contributed by atoms with Gasteiger partial charge in [-0.05, 0) is 61.4 Å². The van der Waals surface area contributed by atoms with Gasteiger partial charge in [-0.1, -0.05) is 38.2 Å². The van der Waals surface area contributed by atoms with Crippen molar-refractivity contribution < 1.29 is 19.0 Å². The Morgan fingerprint density at radius 2 is 1.48 bits per heavy atom. The number of nitrogens with zero attached hydrogens (tertiary/aromatic N) is 2. The molecule has 0 aliphatic carbocycles. The van der Waals surface area contributed by atoms with E-state index in [0.29, 0.717) is 31.1 Å². The Bertz CT molecular complexity index is 1040. The summed E-state index contributed by atoms with van der Waals surface area (Å²) in [5.41, 5.74) is 2.39. The number of esters is 1. The van der Waals surface area contributed by atoms with Gasteiger partial charge in [0.2, 0.25) is 0 Å². The third kappa shape index (κ3) is 7.43. The first-order valence-corrected chi connectivity index (χ1v) is 11.9. The van der Waals surface area contributed by atoms with Crippen LogP contribution in [0.15, 0.2) is 60.7 Å². The Kier molecular flexibility index (Phi) is 9.01. The highest BCUT2D eigenvalue weighted by Crippen LogP contribution is 2.31. The highest BCUT2D eigenvalue weighted by Gasteiger charge is 2.10. The van der Waals surface area contributed by atoms with Crippen LogP contribution in [0.5, 0.6) is 11.5 Å². The predicted molar refractivity (Wildman–Crippen MR) is 132 cm³/mol. The molecule has 0 bridgehead atoms. The van der Waals surface area contributed by atoms with Crippen molar-refractivity contribution in [3.63, 3.8) is 0 Å². The summed E-state index contributed by atoms with van der Waals surface area (Å²) in [4.78, 5) is 11.3. The Labute approximate surface area is 199 Å². The normalized spacial score (nSPS) is 11.6. The van der Waals surface area contributed by atoms with Gasteiger partial charge in [-0.2, -0.15) is 0 Å². The van der Waals surface area contributed by atoms with Crippen LogP contribution in [-0.4, -0.2) is 36.0 Å². The molecule has 0 amide bonds. The Hall–Kier alpha value is -3.19. The number of ether oxygens (including phenoxy) is 3. The summed E-state index contributed by atoms with van der Waals surface area (Å²) >= 11 is 1.54. The highest BCUT2D eigenvalue weighted by atomic mass is 32.1. The van der Waals surface area contributed by atoms with Crippen LogP contribution in [0.3, 0.4) is 0 Å². The molecule has 174 valence electrons. The van der Waals surface area contributed by atoms with Crippen LogP contribution in [0.25, 0.3) is 21.1 Å². The van der Waals surface area contributed by atoms with Gasteiger partial charge in [0, 0.05) is 23.1 Å². The molecule has 1 atom stereocenters. The van der Waals surface area contributed by atoms with E-state index in [-0.39, 0.29) is 5.97 Å². The third-order valence-electron chi connectivity index (χ3n) is 5.00. The number of hydrogen-bond donors (Lipinski definition) is 0. The van der Waals surface area contributed by atoms with E-state index >= 15 is 0 Å². The molecule has 0 fully saturated rings. The van der Waals surface area contributed by atoms with E-state index in [9.17, 15) is 4.79 Å². The van der Waals surface area contributed by atoms with Crippen molar-refractivity contribution >= 4 is 17.3 Å². The second-order valence-electron chi connectivity index (χ2n) is 7.90. The monoisotopic (exact) mass is 466 g/mol. The summed E-state index contributed by atoms with van der Waals surface area (Å²) < 4.78 is 16.6. The standard InChI is InChI=1S/C26H30N2O4S/c1-5-19(4)17-32-23-13-9-21(10-14-23)25-28-27-24(33-25)20-7-11-22(12-8-20)30-15-6-16-31-26(29)18(2)3/h7-14,19H,2,5-6,15-17H2,1,3-4H3. The van der Waals surface area contributed by atoms with E-state index in [2.05, 4.69) is 30.6 Å². The fraction of sp³-hybridized carbons (Fsp3) is 0.346. The Morgan fingerprint density at radius 3 is 2.00 bits per heavy atom. The molecule has 1 heterocycles. The Balaban J connectivity index is 1.51. The zero-order valence-electron chi connectivity index (χ0n) is 19.4. The topological polar surface area (TPSA) is 70.5 Å². The maximum absolute atomic E-state index is 11.3. The SMILES string of the molecule is C=C(C)C(=O)OCCCOc1ccc(-c2nnc(-c3ccc(OCC(C)CC)cc3)s2)cc1. The van der Waals surface area contributed by atoms with E-state index in [4.69, 9.17) is 14.2 Å². The number of carbonyl (C=O) groups excluding carboxylic acids is 1. The second-order valence-corrected chi connectivity index (χ2v) is 8.88. The van der Waals surface area contributed by atoms with Gasteiger partial charge in [0.05, 0.1) is 19.8 Å². The van der Waals surface area contributed by atoms with Crippen LogP contribution in [0.1, 0.15) is 33.6 Å². The molecule has 33 heavy (non-hydrogen) atoms. The molecular weight excluding hydrogens is 436 g/mol. The van der Waals surface area contributed by atoms with Crippen molar-refractivity contribution in [2.24, 2.45) is 5.92 Å². The first-order valence-electron chi connectivity index (χ1n) is 11.1. The fourth-order valence-corrected chi connectivity index (χ4v) is 3.59. The number of hydrogen-bond acceptors (Lipinski definition) is 7. The van der Waals surface area contributed by atoms with Gasteiger partial charge >= 0.3 is 5.97 Å². The molecule has 0 N–H and O–H groups in total. The zero-order chi connectivity index (χ0) is 23.6. The summed E-state index contributed by atoms with van der Waals surface area (Å²) in [5, 5.41) is 10.4. The van der Waals surface area contributed by atoms with Crippen LogP contribution in [-0.2, 0) is 9.53 Å². The van der Waals surface area contributed by atoms with E-state index in [1.54, 1.807) is 18.3 Å². The maximum atomic E-state index is 11.3. The van der Waals surface area contributed by atoms with Crippen molar-refractivity contribution in [2.45, 2.75) is 33.6 Å². The molecule has 0 saturated carbocycles. The largest absolute Gasteiger partial charge is 0.493 e. The van der Waals surface area contributed by atoms with Gasteiger partial charge in [-0.25, -0.2) is 4.79 Å². The van der Waals surface area contributed by atoms with Gasteiger partial charge in [0.25, 0.3) is 0 Å². The lowest BCUT2D eigenvalue weighted by atomic mass is 10.1. The van der Waals surface area contributed by atoms with Gasteiger partial charge in [-0.15, -0.1) is 10.2 Å². The predicted octanol–water partition coefficient (Wildman–Crippen LogP) is 6.19. The van der Waals surface area contributed by atoms with Gasteiger partial charge in [-0.3, -0.25) is 0 Å². The van der Waals surface area contributed by atoms with E-state index in [1.165, 1.54) is 0 Å². The molecule has 6 nitrogen and oxygen atoms in total. The first-order chi connectivity index (χ1) is 16.0. The third-order valence-corrected chi connectivity index (χ3v) is 6.02. The van der Waals surface area contributed by atoms with Crippen molar-refractivity contribution in [3.8, 4) is 32.6 Å². The minimum Gasteiger partial charge on any atom is -0.493 e. The van der Waals surface area contributed by atoms with Crippen LogP contribution in [0.4, 0.5) is 0 Å². The van der Waals surface area contributed by atoms with E-state index in [1.807, 2.05) is 48.5 Å². The summed E-state index contributed by atoms with van der Waals surface area (Å²) in [7, 11) is 0. The van der Waals surface area contributed by atoms with Crippen LogP contribution in [0.2, 0.25) is 0 Å². The highest BCUT2D eigenvalue weighted by molar-refractivity contribution is 7.17. The number of rotatable bonds is 12. The average molecular weight is 467 g/mol. The lowest BCUT2D eigenvalue weighted by Crippen LogP contribution is -2.09. The van der Waals surface area contributed by atoms with Gasteiger partial charge in [0.1, 0.15) is 21.5 Å². The smallest absolute Gasteiger partial charge is 0.333 e. The number of carbonyl (C=O) groups is 1. The summed E-state index contributed by atoms with van der Waals surface area (Å²) in [6, 6.07) is 15.7. The second kappa shape index (κ2) is 12.2. The van der Waals surface area contributed by atoms with Crippen molar-refractivity contribution in [3.05, 3.63) is 60.7 Å². The Morgan fingerprint density at radius 1 is 0.939 bits per heavy atom. The van der Waals surface area contributed by atoms with Crippen molar-refractivity contribution in [1.29, 1.82) is 0 Å². The molecule has 0 spiro atoms. The van der Waals surface area contributed by atoms with Gasteiger partial charge < -0.3 is 14.2 Å². The van der Waals surface area contributed by atoms with Crippen molar-refractivity contribution in [2.75, 3.05) is 19.8 Å². The molecule has 0 aliphatic rings. The van der Waals surface area contributed by atoms with Crippen LogP contribution < -0.4 is 9.47 Å². The first kappa shape index (κ1) is 24.5. The summed E-state index contributed by atoms with van der Waals surface area (Å²) in [6.07, 6.45) is 1.72. The summed E-state index contributed by atoms with van der Waals surface area (Å²) in [5.74, 6) is 1.79. The molecule has 3 rings (SSSR count). The lowest BCUT2D eigenvalue weighted by molar-refractivity contribution is -0.139.